The molecule has 116 valence electrons. The number of carbonyl (C=O) groups excluding carboxylic acids is 2. The van der Waals surface area contributed by atoms with Gasteiger partial charge in [-0.2, -0.15) is 0 Å². The summed E-state index contributed by atoms with van der Waals surface area (Å²) in [7, 11) is 0. The third-order valence-electron chi connectivity index (χ3n) is 2.96. The number of amides is 2. The van der Waals surface area contributed by atoms with Crippen molar-refractivity contribution < 1.29 is 14.1 Å². The highest BCUT2D eigenvalue weighted by molar-refractivity contribution is 9.10. The van der Waals surface area contributed by atoms with Crippen molar-refractivity contribution in [2.75, 3.05) is 16.8 Å². The molecule has 0 saturated heterocycles. The maximum Gasteiger partial charge on any atom is 0.227 e. The number of carbonyl (C=O) groups is 2. The Balaban J connectivity index is 1.97. The highest BCUT2D eigenvalue weighted by atomic mass is 79.9. The minimum absolute atomic E-state index is 0.122. The molecular formula is C15H16BrN3O3. The maximum atomic E-state index is 11.9. The second-order valence-corrected chi connectivity index (χ2v) is 5.69. The Bertz CT molecular complexity index is 684. The molecule has 1 aromatic carbocycles. The van der Waals surface area contributed by atoms with Gasteiger partial charge < -0.3 is 14.7 Å². The van der Waals surface area contributed by atoms with E-state index >= 15 is 0 Å². The van der Waals surface area contributed by atoms with Gasteiger partial charge in [-0.3, -0.25) is 9.59 Å². The van der Waals surface area contributed by atoms with Gasteiger partial charge in [-0.15, -0.1) is 0 Å². The van der Waals surface area contributed by atoms with Gasteiger partial charge in [-0.25, -0.2) is 0 Å². The zero-order valence-corrected chi connectivity index (χ0v) is 13.9. The standard InChI is InChI=1S/C15H16BrN3O3/c1-10-8-14(18-22-10)17-15(21)6-7-19(11(2)20)13-5-3-4-12(16)9-13/h3-5,8-9H,6-7H2,1-2H3,(H,17,18,21). The number of anilines is 2. The lowest BCUT2D eigenvalue weighted by Crippen LogP contribution is -2.31. The summed E-state index contributed by atoms with van der Waals surface area (Å²) < 4.78 is 5.75. The van der Waals surface area contributed by atoms with Crippen LogP contribution in [-0.2, 0) is 9.59 Å². The van der Waals surface area contributed by atoms with Crippen LogP contribution in [0, 0.1) is 6.92 Å². The van der Waals surface area contributed by atoms with Gasteiger partial charge in [0.15, 0.2) is 5.82 Å². The van der Waals surface area contributed by atoms with Crippen LogP contribution in [0.25, 0.3) is 0 Å². The Hall–Kier alpha value is -2.15. The number of rotatable bonds is 5. The number of hydrogen-bond donors (Lipinski definition) is 1. The van der Waals surface area contributed by atoms with E-state index in [0.717, 1.165) is 10.2 Å². The molecule has 0 unspecified atom stereocenters. The number of nitrogens with one attached hydrogen (secondary N) is 1. The van der Waals surface area contributed by atoms with E-state index < -0.39 is 0 Å². The van der Waals surface area contributed by atoms with Crippen molar-refractivity contribution >= 4 is 39.2 Å². The molecule has 6 nitrogen and oxygen atoms in total. The maximum absolute atomic E-state index is 11.9. The summed E-state index contributed by atoms with van der Waals surface area (Å²) in [5.74, 6) is 0.645. The fourth-order valence-corrected chi connectivity index (χ4v) is 2.34. The van der Waals surface area contributed by atoms with Crippen molar-refractivity contribution in [1.29, 1.82) is 0 Å². The second kappa shape index (κ2) is 7.22. The van der Waals surface area contributed by atoms with Gasteiger partial charge in [0.1, 0.15) is 5.76 Å². The van der Waals surface area contributed by atoms with Gasteiger partial charge in [0.05, 0.1) is 0 Å². The van der Waals surface area contributed by atoms with Crippen molar-refractivity contribution in [2.24, 2.45) is 0 Å². The Kier molecular flexibility index (Phi) is 5.32. The summed E-state index contributed by atoms with van der Waals surface area (Å²) in [5.41, 5.74) is 0.743. The van der Waals surface area contributed by atoms with Crippen molar-refractivity contribution in [3.8, 4) is 0 Å². The summed E-state index contributed by atoms with van der Waals surface area (Å²) in [6, 6.07) is 9.01. The molecule has 0 atom stereocenters. The second-order valence-electron chi connectivity index (χ2n) is 4.77. The lowest BCUT2D eigenvalue weighted by Gasteiger charge is -2.21. The van der Waals surface area contributed by atoms with Crippen LogP contribution >= 0.6 is 15.9 Å². The van der Waals surface area contributed by atoms with Crippen molar-refractivity contribution in [3.63, 3.8) is 0 Å². The quantitative estimate of drug-likeness (QED) is 0.882. The normalized spacial score (nSPS) is 10.3. The lowest BCUT2D eigenvalue weighted by atomic mass is 10.2. The third-order valence-corrected chi connectivity index (χ3v) is 3.45. The molecule has 2 aromatic rings. The van der Waals surface area contributed by atoms with Crippen molar-refractivity contribution in [2.45, 2.75) is 20.3 Å². The van der Waals surface area contributed by atoms with E-state index in [1.54, 1.807) is 17.9 Å². The Morgan fingerprint density at radius 3 is 2.73 bits per heavy atom. The van der Waals surface area contributed by atoms with E-state index in [1.165, 1.54) is 6.92 Å². The first-order valence-electron chi connectivity index (χ1n) is 6.72. The molecule has 1 N–H and O–H groups in total. The topological polar surface area (TPSA) is 75.4 Å². The molecular weight excluding hydrogens is 350 g/mol. The molecule has 0 aliphatic rings. The van der Waals surface area contributed by atoms with Crippen LogP contribution in [0.3, 0.4) is 0 Å². The number of hydrogen-bond acceptors (Lipinski definition) is 4. The van der Waals surface area contributed by atoms with Crippen molar-refractivity contribution in [1.82, 2.24) is 5.16 Å². The zero-order valence-electron chi connectivity index (χ0n) is 12.3. The van der Waals surface area contributed by atoms with E-state index in [0.29, 0.717) is 11.6 Å². The highest BCUT2D eigenvalue weighted by Crippen LogP contribution is 2.20. The van der Waals surface area contributed by atoms with Gasteiger partial charge >= 0.3 is 0 Å². The third kappa shape index (κ3) is 4.42. The SMILES string of the molecule is CC(=O)N(CCC(=O)Nc1cc(C)on1)c1cccc(Br)c1. The number of nitrogens with zero attached hydrogens (tertiary/aromatic N) is 2. The Morgan fingerprint density at radius 2 is 2.14 bits per heavy atom. The van der Waals surface area contributed by atoms with Gasteiger partial charge in [-0.1, -0.05) is 27.2 Å². The molecule has 0 aliphatic heterocycles. The molecule has 2 amide bonds. The highest BCUT2D eigenvalue weighted by Gasteiger charge is 2.14. The van der Waals surface area contributed by atoms with Crippen LogP contribution in [0.1, 0.15) is 19.1 Å². The minimum atomic E-state index is -0.227. The van der Waals surface area contributed by atoms with Crippen LogP contribution in [0.15, 0.2) is 39.3 Å². The van der Waals surface area contributed by atoms with Gasteiger partial charge in [-0.05, 0) is 25.1 Å². The molecule has 0 aliphatic carbocycles. The molecule has 2 rings (SSSR count). The molecule has 0 bridgehead atoms. The minimum Gasteiger partial charge on any atom is -0.360 e. The summed E-state index contributed by atoms with van der Waals surface area (Å²) in [6.45, 7) is 3.50. The van der Waals surface area contributed by atoms with E-state index in [-0.39, 0.29) is 24.8 Å². The monoisotopic (exact) mass is 365 g/mol. The first kappa shape index (κ1) is 16.2. The number of halogens is 1. The summed E-state index contributed by atoms with van der Waals surface area (Å²) in [6.07, 6.45) is 0.165. The molecule has 0 saturated carbocycles. The van der Waals surface area contributed by atoms with Crippen LogP contribution in [0.5, 0.6) is 0 Å². The van der Waals surface area contributed by atoms with Crippen LogP contribution in [0.2, 0.25) is 0 Å². The van der Waals surface area contributed by atoms with Crippen LogP contribution in [-0.4, -0.2) is 23.5 Å². The number of benzene rings is 1. The number of aryl methyl sites for hydroxylation is 1. The van der Waals surface area contributed by atoms with Crippen LogP contribution < -0.4 is 10.2 Å². The molecule has 1 heterocycles. The fraction of sp³-hybridized carbons (Fsp3) is 0.267. The summed E-state index contributed by atoms with van der Waals surface area (Å²) in [5, 5.41) is 6.32. The first-order valence-corrected chi connectivity index (χ1v) is 7.52. The van der Waals surface area contributed by atoms with E-state index in [9.17, 15) is 9.59 Å². The molecule has 0 fully saturated rings. The predicted molar refractivity (Wildman–Crippen MR) is 86.7 cm³/mol. The molecule has 0 spiro atoms. The Labute approximate surface area is 136 Å². The van der Waals surface area contributed by atoms with Crippen LogP contribution in [0.4, 0.5) is 11.5 Å². The average molecular weight is 366 g/mol. The van der Waals surface area contributed by atoms with Gasteiger partial charge in [0.25, 0.3) is 0 Å². The fourth-order valence-electron chi connectivity index (χ4n) is 1.96. The van der Waals surface area contributed by atoms with Gasteiger partial charge in [0, 0.05) is 36.1 Å². The average Bonchev–Trinajstić information content (AvgIpc) is 2.84. The Morgan fingerprint density at radius 1 is 1.36 bits per heavy atom. The summed E-state index contributed by atoms with van der Waals surface area (Å²) in [4.78, 5) is 25.2. The van der Waals surface area contributed by atoms with E-state index in [2.05, 4.69) is 26.4 Å². The molecule has 22 heavy (non-hydrogen) atoms. The molecule has 0 radical (unpaired) electrons. The molecule has 7 heteroatoms. The summed E-state index contributed by atoms with van der Waals surface area (Å²) >= 11 is 3.37. The first-order chi connectivity index (χ1) is 10.5. The smallest absolute Gasteiger partial charge is 0.227 e. The largest absolute Gasteiger partial charge is 0.360 e. The predicted octanol–water partition coefficient (Wildman–Crippen LogP) is 3.13. The zero-order chi connectivity index (χ0) is 16.1. The van der Waals surface area contributed by atoms with E-state index in [4.69, 9.17) is 4.52 Å². The molecule has 1 aromatic heterocycles. The van der Waals surface area contributed by atoms with E-state index in [1.807, 2.05) is 24.3 Å². The van der Waals surface area contributed by atoms with Gasteiger partial charge in [0.2, 0.25) is 11.8 Å². The van der Waals surface area contributed by atoms with Crippen molar-refractivity contribution in [3.05, 3.63) is 40.6 Å². The lowest BCUT2D eigenvalue weighted by molar-refractivity contribution is -0.117. The number of aromatic nitrogens is 1.